The largest absolute Gasteiger partial charge is 0.488 e. The van der Waals surface area contributed by atoms with Gasteiger partial charge in [0.25, 0.3) is 0 Å². The van der Waals surface area contributed by atoms with Gasteiger partial charge in [0.15, 0.2) is 0 Å². The fourth-order valence-electron chi connectivity index (χ4n) is 5.17. The van der Waals surface area contributed by atoms with Crippen molar-refractivity contribution in [3.05, 3.63) is 124 Å². The Hall–Kier alpha value is -3.14. The molecule has 3 heteroatoms. The van der Waals surface area contributed by atoms with Crippen molar-refractivity contribution in [1.82, 2.24) is 0 Å². The molecule has 2 N–H and O–H groups in total. The van der Waals surface area contributed by atoms with E-state index in [0.717, 1.165) is 11.1 Å². The van der Waals surface area contributed by atoms with E-state index in [1.54, 1.807) is 0 Å². The van der Waals surface area contributed by atoms with Gasteiger partial charge in [-0.1, -0.05) is 91.0 Å². The van der Waals surface area contributed by atoms with E-state index in [9.17, 15) is 10.0 Å². The SMILES string of the molecule is Cc1ccccc1C1(c2ccccc2C)c2ccccc2-c2ccc(B(O)O)cc21. The smallest absolute Gasteiger partial charge is 0.423 e. The highest BCUT2D eigenvalue weighted by Gasteiger charge is 2.47. The predicted octanol–water partition coefficient (Wildman–Crippen LogP) is 4.35. The van der Waals surface area contributed by atoms with Crippen molar-refractivity contribution in [2.45, 2.75) is 19.3 Å². The molecule has 0 aliphatic heterocycles. The molecule has 0 spiro atoms. The Morgan fingerprint density at radius 1 is 0.567 bits per heavy atom. The fourth-order valence-corrected chi connectivity index (χ4v) is 5.17. The molecule has 4 aromatic rings. The van der Waals surface area contributed by atoms with E-state index >= 15 is 0 Å². The van der Waals surface area contributed by atoms with E-state index < -0.39 is 12.5 Å². The topological polar surface area (TPSA) is 40.5 Å². The minimum absolute atomic E-state index is 0.507. The summed E-state index contributed by atoms with van der Waals surface area (Å²) in [6.07, 6.45) is 0. The number of rotatable bonds is 3. The third-order valence-corrected chi connectivity index (χ3v) is 6.47. The molecular weight excluding hydrogens is 367 g/mol. The Morgan fingerprint density at radius 3 is 1.63 bits per heavy atom. The molecule has 0 atom stereocenters. The number of benzene rings is 4. The molecule has 0 saturated heterocycles. The Morgan fingerprint density at radius 2 is 1.07 bits per heavy atom. The van der Waals surface area contributed by atoms with Crippen molar-refractivity contribution >= 4 is 12.6 Å². The molecule has 0 unspecified atom stereocenters. The van der Waals surface area contributed by atoms with Crippen LogP contribution in [0.2, 0.25) is 0 Å². The van der Waals surface area contributed by atoms with E-state index in [-0.39, 0.29) is 0 Å². The minimum Gasteiger partial charge on any atom is -0.423 e. The summed E-state index contributed by atoms with van der Waals surface area (Å²) in [5.41, 5.74) is 9.49. The van der Waals surface area contributed by atoms with Gasteiger partial charge in [-0.25, -0.2) is 0 Å². The van der Waals surface area contributed by atoms with Gasteiger partial charge >= 0.3 is 7.12 Å². The maximum atomic E-state index is 9.95. The predicted molar refractivity (Wildman–Crippen MR) is 123 cm³/mol. The number of aryl methyl sites for hydroxylation is 2. The van der Waals surface area contributed by atoms with E-state index in [1.807, 2.05) is 18.2 Å². The third-order valence-electron chi connectivity index (χ3n) is 6.47. The van der Waals surface area contributed by atoms with Crippen LogP contribution in [0, 0.1) is 13.8 Å². The molecule has 2 nitrogen and oxygen atoms in total. The second-order valence-electron chi connectivity index (χ2n) is 8.10. The summed E-state index contributed by atoms with van der Waals surface area (Å²) >= 11 is 0. The Bertz CT molecular complexity index is 1210. The summed E-state index contributed by atoms with van der Waals surface area (Å²) in [7, 11) is -1.51. The second-order valence-corrected chi connectivity index (χ2v) is 8.10. The lowest BCUT2D eigenvalue weighted by Gasteiger charge is -2.36. The first-order valence-electron chi connectivity index (χ1n) is 10.3. The molecule has 0 heterocycles. The van der Waals surface area contributed by atoms with Crippen molar-refractivity contribution in [3.63, 3.8) is 0 Å². The first-order valence-corrected chi connectivity index (χ1v) is 10.3. The minimum atomic E-state index is -1.51. The summed E-state index contributed by atoms with van der Waals surface area (Å²) in [6, 6.07) is 31.4. The zero-order valence-corrected chi connectivity index (χ0v) is 17.1. The van der Waals surface area contributed by atoms with Gasteiger partial charge in [-0.15, -0.1) is 0 Å². The Balaban J connectivity index is 2.01. The van der Waals surface area contributed by atoms with E-state index in [4.69, 9.17) is 0 Å². The van der Waals surface area contributed by atoms with E-state index in [2.05, 4.69) is 86.6 Å². The molecule has 0 bridgehead atoms. The molecule has 0 aromatic heterocycles. The first kappa shape index (κ1) is 18.9. The zero-order valence-electron chi connectivity index (χ0n) is 17.1. The molecule has 1 aliphatic rings. The van der Waals surface area contributed by atoms with Crippen molar-refractivity contribution in [3.8, 4) is 11.1 Å². The molecular formula is C27H23BO2. The van der Waals surface area contributed by atoms with Crippen LogP contribution in [0.15, 0.2) is 91.0 Å². The van der Waals surface area contributed by atoms with Crippen molar-refractivity contribution in [2.75, 3.05) is 0 Å². The number of hydrogen-bond donors (Lipinski definition) is 2. The van der Waals surface area contributed by atoms with Crippen molar-refractivity contribution in [2.24, 2.45) is 0 Å². The average Bonchev–Trinajstić information content (AvgIpc) is 3.05. The lowest BCUT2D eigenvalue weighted by Crippen LogP contribution is -2.34. The van der Waals surface area contributed by atoms with Crippen LogP contribution in [0.5, 0.6) is 0 Å². The molecule has 30 heavy (non-hydrogen) atoms. The molecule has 4 aromatic carbocycles. The highest BCUT2D eigenvalue weighted by molar-refractivity contribution is 6.58. The van der Waals surface area contributed by atoms with Gasteiger partial charge in [-0.3, -0.25) is 0 Å². The summed E-state index contributed by atoms with van der Waals surface area (Å²) in [5.74, 6) is 0. The van der Waals surface area contributed by atoms with Gasteiger partial charge in [-0.2, -0.15) is 0 Å². The van der Waals surface area contributed by atoms with Crippen LogP contribution in [0.3, 0.4) is 0 Å². The summed E-state index contributed by atoms with van der Waals surface area (Å²) in [6.45, 7) is 4.31. The van der Waals surface area contributed by atoms with Gasteiger partial charge in [0.2, 0.25) is 0 Å². The number of fused-ring (bicyclic) bond motifs is 3. The van der Waals surface area contributed by atoms with Crippen molar-refractivity contribution < 1.29 is 10.0 Å². The van der Waals surface area contributed by atoms with Crippen molar-refractivity contribution in [1.29, 1.82) is 0 Å². The lowest BCUT2D eigenvalue weighted by atomic mass is 9.64. The number of hydrogen-bond acceptors (Lipinski definition) is 2. The molecule has 0 fully saturated rings. The molecule has 0 amide bonds. The van der Waals surface area contributed by atoms with Gasteiger partial charge < -0.3 is 10.0 Å². The van der Waals surface area contributed by atoms with Gasteiger partial charge in [0.1, 0.15) is 0 Å². The third kappa shape index (κ3) is 2.53. The summed E-state index contributed by atoms with van der Waals surface area (Å²) < 4.78 is 0. The van der Waals surface area contributed by atoms with Crippen LogP contribution in [0.1, 0.15) is 33.4 Å². The van der Waals surface area contributed by atoms with E-state index in [1.165, 1.54) is 33.4 Å². The van der Waals surface area contributed by atoms with E-state index in [0.29, 0.717) is 5.46 Å². The Kier molecular flexibility index (Phi) is 4.39. The average molecular weight is 390 g/mol. The standard InChI is InChI=1S/C27H23BO2/c1-18-9-3-6-12-23(18)27(24-13-7-4-10-19(24)2)25-14-8-5-11-21(25)22-16-15-20(28(29)30)17-26(22)27/h3-17,29-30H,1-2H3. The molecule has 1 aliphatic carbocycles. The molecule has 0 saturated carbocycles. The first-order chi connectivity index (χ1) is 14.5. The fraction of sp³-hybridized carbons (Fsp3) is 0.111. The molecule has 0 radical (unpaired) electrons. The summed E-state index contributed by atoms with van der Waals surface area (Å²) in [5, 5.41) is 19.9. The van der Waals surface area contributed by atoms with Crippen LogP contribution >= 0.6 is 0 Å². The molecule has 5 rings (SSSR count). The second kappa shape index (κ2) is 6.98. The van der Waals surface area contributed by atoms with Gasteiger partial charge in [0, 0.05) is 0 Å². The zero-order chi connectivity index (χ0) is 20.9. The highest BCUT2D eigenvalue weighted by atomic mass is 16.4. The summed E-state index contributed by atoms with van der Waals surface area (Å²) in [4.78, 5) is 0. The van der Waals surface area contributed by atoms with Crippen LogP contribution < -0.4 is 5.46 Å². The van der Waals surface area contributed by atoms with Gasteiger partial charge in [-0.05, 0) is 63.8 Å². The monoisotopic (exact) mass is 390 g/mol. The van der Waals surface area contributed by atoms with Crippen LogP contribution in [0.25, 0.3) is 11.1 Å². The van der Waals surface area contributed by atoms with Crippen LogP contribution in [0.4, 0.5) is 0 Å². The quantitative estimate of drug-likeness (QED) is 0.450. The van der Waals surface area contributed by atoms with Crippen LogP contribution in [-0.2, 0) is 5.41 Å². The van der Waals surface area contributed by atoms with Gasteiger partial charge in [0.05, 0.1) is 5.41 Å². The lowest BCUT2D eigenvalue weighted by molar-refractivity contribution is 0.425. The molecule has 146 valence electrons. The highest BCUT2D eigenvalue weighted by Crippen LogP contribution is 2.56. The maximum Gasteiger partial charge on any atom is 0.488 e. The Labute approximate surface area is 177 Å². The maximum absolute atomic E-state index is 9.95. The normalized spacial score (nSPS) is 13.6. The van der Waals surface area contributed by atoms with Crippen LogP contribution in [-0.4, -0.2) is 17.2 Å².